The Kier molecular flexibility index (Phi) is 7.93. The third kappa shape index (κ3) is 6.01. The maximum atomic E-state index is 12.8. The first-order valence-electron chi connectivity index (χ1n) is 10.4. The van der Waals surface area contributed by atoms with Crippen LogP contribution < -0.4 is 19.5 Å². The summed E-state index contributed by atoms with van der Waals surface area (Å²) in [5, 5.41) is 3.19. The number of hydrogen-bond acceptors (Lipinski definition) is 4. The van der Waals surface area contributed by atoms with E-state index in [0.717, 1.165) is 22.4 Å². The standard InChI is InChI=1S/C26H29NO4/c1-4-31-22-14-12-21(13-15-22)26(20-8-6-5-7-9-20)27-25(28)17-11-19-10-16-23(29-2)24(18-19)30-3/h5-10,12-16,18,26H,4,11,17H2,1-3H3,(H,27,28). The second-order valence-corrected chi connectivity index (χ2v) is 7.10. The molecular weight excluding hydrogens is 390 g/mol. The largest absolute Gasteiger partial charge is 0.494 e. The molecule has 0 aliphatic carbocycles. The van der Waals surface area contributed by atoms with Crippen molar-refractivity contribution < 1.29 is 19.0 Å². The molecule has 0 fully saturated rings. The van der Waals surface area contributed by atoms with Gasteiger partial charge in [0.15, 0.2) is 11.5 Å². The molecule has 3 aromatic rings. The summed E-state index contributed by atoms with van der Waals surface area (Å²) in [4.78, 5) is 12.8. The molecule has 1 unspecified atom stereocenters. The molecule has 3 rings (SSSR count). The number of aryl methyl sites for hydroxylation is 1. The van der Waals surface area contributed by atoms with Gasteiger partial charge in [-0.1, -0.05) is 48.5 Å². The first kappa shape index (κ1) is 22.2. The fraction of sp³-hybridized carbons (Fsp3) is 0.269. The lowest BCUT2D eigenvalue weighted by Gasteiger charge is -2.20. The number of hydrogen-bond donors (Lipinski definition) is 1. The Labute approximate surface area is 184 Å². The molecule has 0 aliphatic heterocycles. The molecule has 0 bridgehead atoms. The number of carbonyl (C=O) groups excluding carboxylic acids is 1. The third-order valence-corrected chi connectivity index (χ3v) is 5.05. The lowest BCUT2D eigenvalue weighted by Crippen LogP contribution is -2.29. The first-order chi connectivity index (χ1) is 15.1. The average molecular weight is 420 g/mol. The molecule has 1 atom stereocenters. The molecule has 1 N–H and O–H groups in total. The van der Waals surface area contributed by atoms with Crippen molar-refractivity contribution in [3.8, 4) is 17.2 Å². The Hall–Kier alpha value is -3.47. The van der Waals surface area contributed by atoms with Crippen LogP contribution in [-0.2, 0) is 11.2 Å². The van der Waals surface area contributed by atoms with Crippen molar-refractivity contribution in [1.29, 1.82) is 0 Å². The molecule has 0 saturated heterocycles. The number of nitrogens with one attached hydrogen (secondary N) is 1. The average Bonchev–Trinajstić information content (AvgIpc) is 2.82. The molecule has 31 heavy (non-hydrogen) atoms. The number of ether oxygens (including phenoxy) is 3. The predicted octanol–water partition coefficient (Wildman–Crippen LogP) is 4.94. The second-order valence-electron chi connectivity index (χ2n) is 7.10. The van der Waals surface area contributed by atoms with Gasteiger partial charge in [0.1, 0.15) is 5.75 Å². The van der Waals surface area contributed by atoms with Gasteiger partial charge in [-0.3, -0.25) is 4.79 Å². The highest BCUT2D eigenvalue weighted by molar-refractivity contribution is 5.77. The fourth-order valence-corrected chi connectivity index (χ4v) is 3.45. The van der Waals surface area contributed by atoms with E-state index in [1.165, 1.54) is 0 Å². The van der Waals surface area contributed by atoms with E-state index in [-0.39, 0.29) is 11.9 Å². The minimum atomic E-state index is -0.227. The van der Waals surface area contributed by atoms with Gasteiger partial charge in [-0.25, -0.2) is 0 Å². The van der Waals surface area contributed by atoms with Crippen LogP contribution in [-0.4, -0.2) is 26.7 Å². The highest BCUT2D eigenvalue weighted by Gasteiger charge is 2.17. The Morgan fingerprint density at radius 1 is 0.871 bits per heavy atom. The summed E-state index contributed by atoms with van der Waals surface area (Å²) < 4.78 is 16.2. The lowest BCUT2D eigenvalue weighted by molar-refractivity contribution is -0.121. The summed E-state index contributed by atoms with van der Waals surface area (Å²) in [6.07, 6.45) is 0.979. The van der Waals surface area contributed by atoms with Crippen molar-refractivity contribution in [2.45, 2.75) is 25.8 Å². The van der Waals surface area contributed by atoms with Crippen molar-refractivity contribution in [3.05, 3.63) is 89.5 Å². The molecule has 1 amide bonds. The van der Waals surface area contributed by atoms with E-state index in [0.29, 0.717) is 30.9 Å². The predicted molar refractivity (Wildman–Crippen MR) is 122 cm³/mol. The number of rotatable bonds is 10. The normalized spacial score (nSPS) is 11.5. The summed E-state index contributed by atoms with van der Waals surface area (Å²) >= 11 is 0. The van der Waals surface area contributed by atoms with Crippen LogP contribution in [0.4, 0.5) is 0 Å². The van der Waals surface area contributed by atoms with Gasteiger partial charge in [0.25, 0.3) is 0 Å². The summed E-state index contributed by atoms with van der Waals surface area (Å²) in [7, 11) is 3.21. The van der Waals surface area contributed by atoms with Gasteiger partial charge < -0.3 is 19.5 Å². The second kappa shape index (κ2) is 11.1. The molecule has 5 heteroatoms. The van der Waals surface area contributed by atoms with E-state index in [1.807, 2.05) is 79.7 Å². The van der Waals surface area contributed by atoms with E-state index >= 15 is 0 Å². The quantitative estimate of drug-likeness (QED) is 0.506. The van der Waals surface area contributed by atoms with Gasteiger partial charge in [0, 0.05) is 6.42 Å². The summed E-state index contributed by atoms with van der Waals surface area (Å²) in [5.74, 6) is 2.14. The smallest absolute Gasteiger partial charge is 0.221 e. The minimum absolute atomic E-state index is 0.0162. The topological polar surface area (TPSA) is 56.8 Å². The summed E-state index contributed by atoms with van der Waals surface area (Å²) in [6, 6.07) is 23.3. The van der Waals surface area contributed by atoms with E-state index in [1.54, 1.807) is 14.2 Å². The van der Waals surface area contributed by atoms with Crippen molar-refractivity contribution in [2.75, 3.05) is 20.8 Å². The van der Waals surface area contributed by atoms with Crippen molar-refractivity contribution in [1.82, 2.24) is 5.32 Å². The number of amides is 1. The first-order valence-corrected chi connectivity index (χ1v) is 10.4. The van der Waals surface area contributed by atoms with Gasteiger partial charge in [-0.2, -0.15) is 0 Å². The molecule has 0 heterocycles. The van der Waals surface area contributed by atoms with Crippen LogP contribution in [0.3, 0.4) is 0 Å². The van der Waals surface area contributed by atoms with Crippen LogP contribution in [0, 0.1) is 0 Å². The van der Waals surface area contributed by atoms with Gasteiger partial charge in [0.05, 0.1) is 26.9 Å². The van der Waals surface area contributed by atoms with E-state index < -0.39 is 0 Å². The van der Waals surface area contributed by atoms with Gasteiger partial charge in [-0.05, 0) is 54.3 Å². The molecule has 0 aliphatic rings. The Morgan fingerprint density at radius 2 is 1.55 bits per heavy atom. The third-order valence-electron chi connectivity index (χ3n) is 5.05. The Bertz CT molecular complexity index is 970. The van der Waals surface area contributed by atoms with E-state index in [2.05, 4.69) is 5.32 Å². The van der Waals surface area contributed by atoms with Crippen LogP contribution in [0.15, 0.2) is 72.8 Å². The zero-order chi connectivity index (χ0) is 22.1. The van der Waals surface area contributed by atoms with Gasteiger partial charge >= 0.3 is 0 Å². The maximum Gasteiger partial charge on any atom is 0.221 e. The number of carbonyl (C=O) groups is 1. The molecule has 0 aromatic heterocycles. The van der Waals surface area contributed by atoms with Crippen LogP contribution >= 0.6 is 0 Å². The Balaban J connectivity index is 1.71. The van der Waals surface area contributed by atoms with Crippen LogP contribution in [0.2, 0.25) is 0 Å². The molecular formula is C26H29NO4. The van der Waals surface area contributed by atoms with Crippen LogP contribution in [0.1, 0.15) is 36.1 Å². The molecule has 5 nitrogen and oxygen atoms in total. The molecule has 0 saturated carbocycles. The number of benzene rings is 3. The fourth-order valence-electron chi connectivity index (χ4n) is 3.45. The zero-order valence-corrected chi connectivity index (χ0v) is 18.3. The molecule has 0 spiro atoms. The summed E-state index contributed by atoms with van der Waals surface area (Å²) in [6.45, 7) is 2.58. The van der Waals surface area contributed by atoms with Crippen molar-refractivity contribution >= 4 is 5.91 Å². The summed E-state index contributed by atoms with van der Waals surface area (Å²) in [5.41, 5.74) is 3.06. The Morgan fingerprint density at radius 3 is 2.19 bits per heavy atom. The number of methoxy groups -OCH3 is 2. The zero-order valence-electron chi connectivity index (χ0n) is 18.3. The highest BCUT2D eigenvalue weighted by Crippen LogP contribution is 2.28. The van der Waals surface area contributed by atoms with Crippen molar-refractivity contribution in [2.24, 2.45) is 0 Å². The molecule has 3 aromatic carbocycles. The molecule has 162 valence electrons. The monoisotopic (exact) mass is 419 g/mol. The maximum absolute atomic E-state index is 12.8. The highest BCUT2D eigenvalue weighted by atomic mass is 16.5. The SMILES string of the molecule is CCOc1ccc(C(NC(=O)CCc2ccc(OC)c(OC)c2)c2ccccc2)cc1. The molecule has 0 radical (unpaired) electrons. The van der Waals surface area contributed by atoms with E-state index in [4.69, 9.17) is 14.2 Å². The van der Waals surface area contributed by atoms with Crippen LogP contribution in [0.25, 0.3) is 0 Å². The minimum Gasteiger partial charge on any atom is -0.494 e. The van der Waals surface area contributed by atoms with Crippen molar-refractivity contribution in [3.63, 3.8) is 0 Å². The van der Waals surface area contributed by atoms with Gasteiger partial charge in [-0.15, -0.1) is 0 Å². The lowest BCUT2D eigenvalue weighted by atomic mass is 9.98. The van der Waals surface area contributed by atoms with Crippen LogP contribution in [0.5, 0.6) is 17.2 Å². The van der Waals surface area contributed by atoms with E-state index in [9.17, 15) is 4.79 Å². The van der Waals surface area contributed by atoms with Gasteiger partial charge in [0.2, 0.25) is 5.91 Å².